The molecule has 4 nitrogen and oxygen atoms in total. The average Bonchev–Trinajstić information content (AvgIpc) is 2.60. The van der Waals surface area contributed by atoms with E-state index in [0.29, 0.717) is 5.69 Å². The molecular weight excluding hydrogens is 292 g/mol. The molecule has 1 aromatic carbocycles. The molecule has 0 aliphatic heterocycles. The van der Waals surface area contributed by atoms with Crippen LogP contribution in [0.1, 0.15) is 19.0 Å². The summed E-state index contributed by atoms with van der Waals surface area (Å²) in [7, 11) is 0. The lowest BCUT2D eigenvalue weighted by Crippen LogP contribution is -2.05. The van der Waals surface area contributed by atoms with Crippen molar-refractivity contribution in [3.63, 3.8) is 0 Å². The van der Waals surface area contributed by atoms with Crippen LogP contribution >= 0.6 is 15.9 Å². The van der Waals surface area contributed by atoms with Gasteiger partial charge in [0.1, 0.15) is 0 Å². The number of para-hydroxylation sites is 1. The zero-order valence-electron chi connectivity index (χ0n) is 10.6. The van der Waals surface area contributed by atoms with E-state index in [1.165, 1.54) is 0 Å². The number of benzene rings is 1. The van der Waals surface area contributed by atoms with Crippen molar-refractivity contribution in [2.45, 2.75) is 26.8 Å². The summed E-state index contributed by atoms with van der Waals surface area (Å²) in [6, 6.07) is 7.96. The molecule has 5 heteroatoms. The first-order valence-corrected chi connectivity index (χ1v) is 6.77. The summed E-state index contributed by atoms with van der Waals surface area (Å²) in [4.78, 5) is 0. The maximum Gasteiger partial charge on any atom is 0.152 e. The minimum Gasteiger partial charge on any atom is -0.394 e. The zero-order valence-corrected chi connectivity index (χ0v) is 12.2. The van der Waals surface area contributed by atoms with Gasteiger partial charge in [0.05, 0.1) is 17.1 Å². The largest absolute Gasteiger partial charge is 0.394 e. The third-order valence-electron chi connectivity index (χ3n) is 2.74. The van der Waals surface area contributed by atoms with Gasteiger partial charge in [-0.25, -0.2) is 4.68 Å². The Morgan fingerprint density at radius 1 is 1.39 bits per heavy atom. The highest BCUT2D eigenvalue weighted by Gasteiger charge is 2.12. The van der Waals surface area contributed by atoms with Crippen molar-refractivity contribution in [3.8, 4) is 0 Å². The number of nitrogens with two attached hydrogens (primary N) is 1. The third kappa shape index (κ3) is 2.51. The molecule has 0 fully saturated rings. The van der Waals surface area contributed by atoms with Crippen LogP contribution in [0.2, 0.25) is 0 Å². The Labute approximate surface area is 115 Å². The topological polar surface area (TPSA) is 55.9 Å². The van der Waals surface area contributed by atoms with E-state index < -0.39 is 0 Å². The number of halogens is 1. The number of nitrogens with one attached hydrogen (secondary N) is 1. The molecule has 0 saturated heterocycles. The lowest BCUT2D eigenvalue weighted by atomic mass is 10.3. The average molecular weight is 309 g/mol. The van der Waals surface area contributed by atoms with Crippen LogP contribution in [0.5, 0.6) is 0 Å². The highest BCUT2D eigenvalue weighted by molar-refractivity contribution is 9.10. The molecule has 2 aromatic rings. The maximum atomic E-state index is 6.07. The number of anilines is 3. The van der Waals surface area contributed by atoms with Crippen molar-refractivity contribution in [3.05, 3.63) is 34.4 Å². The minimum atomic E-state index is 0.708. The summed E-state index contributed by atoms with van der Waals surface area (Å²) in [5, 5.41) is 7.78. The lowest BCUT2D eigenvalue weighted by molar-refractivity contribution is 0.605. The van der Waals surface area contributed by atoms with Gasteiger partial charge in [-0.15, -0.1) is 0 Å². The molecule has 0 amide bonds. The van der Waals surface area contributed by atoms with E-state index in [1.807, 2.05) is 35.9 Å². The lowest BCUT2D eigenvalue weighted by Gasteiger charge is -2.11. The van der Waals surface area contributed by atoms with E-state index in [0.717, 1.165) is 34.6 Å². The minimum absolute atomic E-state index is 0.708. The first-order valence-electron chi connectivity index (χ1n) is 5.98. The van der Waals surface area contributed by atoms with Gasteiger partial charge in [-0.2, -0.15) is 5.10 Å². The second-order valence-corrected chi connectivity index (χ2v) is 5.03. The fraction of sp³-hybridized carbons (Fsp3) is 0.308. The standard InChI is InChI=1S/C13H17BrN4/c1-3-8-18-13(12(15)9(2)17-18)16-11-7-5-4-6-10(11)14/h4-7,16H,3,8,15H2,1-2H3. The van der Waals surface area contributed by atoms with Gasteiger partial charge in [-0.1, -0.05) is 19.1 Å². The molecule has 0 spiro atoms. The van der Waals surface area contributed by atoms with Crippen molar-refractivity contribution < 1.29 is 0 Å². The highest BCUT2D eigenvalue weighted by atomic mass is 79.9. The highest BCUT2D eigenvalue weighted by Crippen LogP contribution is 2.30. The molecule has 0 radical (unpaired) electrons. The van der Waals surface area contributed by atoms with Gasteiger partial charge < -0.3 is 11.1 Å². The molecular formula is C13H17BrN4. The summed E-state index contributed by atoms with van der Waals surface area (Å²) in [5.41, 5.74) is 8.62. The Kier molecular flexibility index (Phi) is 3.91. The first-order chi connectivity index (χ1) is 8.63. The number of rotatable bonds is 4. The maximum absolute atomic E-state index is 6.07. The Morgan fingerprint density at radius 2 is 2.11 bits per heavy atom. The molecule has 0 saturated carbocycles. The molecule has 96 valence electrons. The van der Waals surface area contributed by atoms with Crippen LogP contribution in [0.3, 0.4) is 0 Å². The number of hydrogen-bond donors (Lipinski definition) is 2. The Balaban J connectivity index is 2.36. The Morgan fingerprint density at radius 3 is 2.78 bits per heavy atom. The predicted octanol–water partition coefficient (Wildman–Crippen LogP) is 3.69. The van der Waals surface area contributed by atoms with Crippen molar-refractivity contribution in [1.29, 1.82) is 0 Å². The summed E-state index contributed by atoms with van der Waals surface area (Å²) in [6.07, 6.45) is 1.02. The van der Waals surface area contributed by atoms with Gasteiger partial charge in [0.25, 0.3) is 0 Å². The Hall–Kier alpha value is -1.49. The van der Waals surface area contributed by atoms with Crippen LogP contribution in [0.25, 0.3) is 0 Å². The fourth-order valence-corrected chi connectivity index (χ4v) is 2.17. The number of aromatic nitrogens is 2. The molecule has 0 unspecified atom stereocenters. The Bertz CT molecular complexity index is 548. The van der Waals surface area contributed by atoms with E-state index in [9.17, 15) is 0 Å². The van der Waals surface area contributed by atoms with Crippen LogP contribution in [0.4, 0.5) is 17.2 Å². The SMILES string of the molecule is CCCn1nc(C)c(N)c1Nc1ccccc1Br. The van der Waals surface area contributed by atoms with Crippen molar-refractivity contribution >= 4 is 33.1 Å². The summed E-state index contributed by atoms with van der Waals surface area (Å²) in [6.45, 7) is 4.90. The normalized spacial score (nSPS) is 10.6. The van der Waals surface area contributed by atoms with Crippen LogP contribution in [-0.4, -0.2) is 9.78 Å². The van der Waals surface area contributed by atoms with Crippen molar-refractivity contribution in [2.75, 3.05) is 11.1 Å². The molecule has 0 bridgehead atoms. The number of aryl methyl sites for hydroxylation is 2. The quantitative estimate of drug-likeness (QED) is 0.905. The second kappa shape index (κ2) is 5.44. The van der Waals surface area contributed by atoms with E-state index in [-0.39, 0.29) is 0 Å². The van der Waals surface area contributed by atoms with Crippen LogP contribution < -0.4 is 11.1 Å². The number of nitrogens with zero attached hydrogens (tertiary/aromatic N) is 2. The van der Waals surface area contributed by atoms with Gasteiger partial charge >= 0.3 is 0 Å². The molecule has 0 aliphatic carbocycles. The van der Waals surface area contributed by atoms with Crippen LogP contribution in [0.15, 0.2) is 28.7 Å². The molecule has 0 atom stereocenters. The van der Waals surface area contributed by atoms with Gasteiger partial charge in [-0.3, -0.25) is 0 Å². The van der Waals surface area contributed by atoms with Crippen molar-refractivity contribution in [1.82, 2.24) is 9.78 Å². The molecule has 0 aliphatic rings. The third-order valence-corrected chi connectivity index (χ3v) is 3.43. The first kappa shape index (κ1) is 13.0. The molecule has 1 heterocycles. The van der Waals surface area contributed by atoms with Gasteiger partial charge in [-0.05, 0) is 41.4 Å². The molecule has 3 N–H and O–H groups in total. The van der Waals surface area contributed by atoms with Gasteiger partial charge in [0, 0.05) is 11.0 Å². The number of nitrogen functional groups attached to an aromatic ring is 1. The molecule has 1 aromatic heterocycles. The van der Waals surface area contributed by atoms with Crippen LogP contribution in [0, 0.1) is 6.92 Å². The second-order valence-electron chi connectivity index (χ2n) is 4.18. The zero-order chi connectivity index (χ0) is 13.1. The molecule has 18 heavy (non-hydrogen) atoms. The monoisotopic (exact) mass is 308 g/mol. The van der Waals surface area contributed by atoms with Crippen molar-refractivity contribution in [2.24, 2.45) is 0 Å². The fourth-order valence-electron chi connectivity index (χ4n) is 1.79. The summed E-state index contributed by atoms with van der Waals surface area (Å²) < 4.78 is 2.93. The van der Waals surface area contributed by atoms with E-state index in [4.69, 9.17) is 5.73 Å². The van der Waals surface area contributed by atoms with Gasteiger partial charge in [0.2, 0.25) is 0 Å². The van der Waals surface area contributed by atoms with E-state index in [2.05, 4.69) is 33.3 Å². The van der Waals surface area contributed by atoms with E-state index in [1.54, 1.807) is 0 Å². The van der Waals surface area contributed by atoms with Crippen LogP contribution in [-0.2, 0) is 6.54 Å². The number of hydrogen-bond acceptors (Lipinski definition) is 3. The molecule has 2 rings (SSSR count). The van der Waals surface area contributed by atoms with E-state index >= 15 is 0 Å². The van der Waals surface area contributed by atoms with Gasteiger partial charge in [0.15, 0.2) is 5.82 Å². The smallest absolute Gasteiger partial charge is 0.152 e. The summed E-state index contributed by atoms with van der Waals surface area (Å²) in [5.74, 6) is 0.862. The predicted molar refractivity (Wildman–Crippen MR) is 79.1 cm³/mol. The summed E-state index contributed by atoms with van der Waals surface area (Å²) >= 11 is 3.52.